The summed E-state index contributed by atoms with van der Waals surface area (Å²) in [7, 11) is 1.73. The van der Waals surface area contributed by atoms with Crippen LogP contribution in [0.15, 0.2) is 18.2 Å². The summed E-state index contributed by atoms with van der Waals surface area (Å²) in [6, 6.07) is 6.18. The molecule has 0 saturated heterocycles. The summed E-state index contributed by atoms with van der Waals surface area (Å²) in [6.45, 7) is 4.34. The van der Waals surface area contributed by atoms with Gasteiger partial charge in [0.15, 0.2) is 0 Å². The van der Waals surface area contributed by atoms with Gasteiger partial charge in [-0.05, 0) is 42.2 Å². The largest absolute Gasteiger partial charge is 0.496 e. The molecule has 2 heteroatoms. The van der Waals surface area contributed by atoms with Gasteiger partial charge in [0.05, 0.1) is 7.11 Å². The highest BCUT2D eigenvalue weighted by Gasteiger charge is 2.09. The Bertz CT molecular complexity index is 296. The van der Waals surface area contributed by atoms with Crippen LogP contribution >= 0.6 is 12.6 Å². The van der Waals surface area contributed by atoms with Crippen LogP contribution in [0.1, 0.15) is 18.1 Å². The summed E-state index contributed by atoms with van der Waals surface area (Å²) < 4.78 is 5.35. The highest BCUT2D eigenvalue weighted by Crippen LogP contribution is 2.24. The summed E-state index contributed by atoms with van der Waals surface area (Å²) in [5, 5.41) is 0. The molecule has 1 nitrogen and oxygen atoms in total. The molecule has 0 saturated carbocycles. The Morgan fingerprint density at radius 1 is 1.43 bits per heavy atom. The Kier molecular flexibility index (Phi) is 4.33. The lowest BCUT2D eigenvalue weighted by molar-refractivity contribution is 0.406. The molecule has 1 aromatic rings. The topological polar surface area (TPSA) is 9.23 Å². The number of benzene rings is 1. The molecule has 0 spiro atoms. The van der Waals surface area contributed by atoms with Gasteiger partial charge in [0, 0.05) is 0 Å². The average Bonchev–Trinajstić information content (AvgIpc) is 2.20. The van der Waals surface area contributed by atoms with Crippen molar-refractivity contribution >= 4 is 12.6 Å². The molecule has 0 fully saturated rings. The lowest BCUT2D eigenvalue weighted by atomic mass is 9.98. The van der Waals surface area contributed by atoms with Crippen LogP contribution < -0.4 is 4.74 Å². The van der Waals surface area contributed by atoms with Crippen LogP contribution in [0.5, 0.6) is 5.75 Å². The van der Waals surface area contributed by atoms with E-state index in [4.69, 9.17) is 4.74 Å². The summed E-state index contributed by atoms with van der Waals surface area (Å²) in [4.78, 5) is 0. The third-order valence-corrected chi connectivity index (χ3v) is 3.07. The van der Waals surface area contributed by atoms with E-state index in [1.165, 1.54) is 11.1 Å². The van der Waals surface area contributed by atoms with E-state index >= 15 is 0 Å². The van der Waals surface area contributed by atoms with Gasteiger partial charge < -0.3 is 4.74 Å². The van der Waals surface area contributed by atoms with Crippen LogP contribution in [0.3, 0.4) is 0 Å². The van der Waals surface area contributed by atoms with Crippen molar-refractivity contribution in [2.45, 2.75) is 20.3 Å². The van der Waals surface area contributed by atoms with Crippen LogP contribution in [0.2, 0.25) is 0 Å². The summed E-state index contributed by atoms with van der Waals surface area (Å²) in [5.74, 6) is 2.50. The maximum atomic E-state index is 5.35. The second-order valence-electron chi connectivity index (χ2n) is 3.75. The molecule has 0 heterocycles. The first-order valence-electron chi connectivity index (χ1n) is 4.92. The Morgan fingerprint density at radius 3 is 2.71 bits per heavy atom. The van der Waals surface area contributed by atoms with E-state index in [9.17, 15) is 0 Å². The zero-order valence-corrected chi connectivity index (χ0v) is 9.97. The van der Waals surface area contributed by atoms with Crippen LogP contribution in [0.4, 0.5) is 0 Å². The van der Waals surface area contributed by atoms with Gasteiger partial charge in [0.2, 0.25) is 0 Å². The summed E-state index contributed by atoms with van der Waals surface area (Å²) >= 11 is 4.30. The van der Waals surface area contributed by atoms with Crippen molar-refractivity contribution < 1.29 is 4.74 Å². The molecular formula is C12H18OS. The van der Waals surface area contributed by atoms with Gasteiger partial charge in [-0.15, -0.1) is 0 Å². The first kappa shape index (κ1) is 11.4. The third-order valence-electron chi connectivity index (χ3n) is 2.45. The van der Waals surface area contributed by atoms with E-state index in [1.54, 1.807) is 7.11 Å². The summed E-state index contributed by atoms with van der Waals surface area (Å²) in [6.07, 6.45) is 1.04. The fourth-order valence-corrected chi connectivity index (χ4v) is 1.67. The predicted molar refractivity (Wildman–Crippen MR) is 64.5 cm³/mol. The Morgan fingerprint density at radius 2 is 2.14 bits per heavy atom. The van der Waals surface area contributed by atoms with Crippen LogP contribution in [0.25, 0.3) is 0 Å². The van der Waals surface area contributed by atoms with Crippen molar-refractivity contribution in [3.8, 4) is 5.75 Å². The molecule has 1 unspecified atom stereocenters. The van der Waals surface area contributed by atoms with E-state index in [1.807, 2.05) is 12.1 Å². The van der Waals surface area contributed by atoms with Gasteiger partial charge in [0.25, 0.3) is 0 Å². The average molecular weight is 210 g/mol. The van der Waals surface area contributed by atoms with E-state index in [2.05, 4.69) is 32.5 Å². The Hall–Kier alpha value is -0.630. The molecular weight excluding hydrogens is 192 g/mol. The van der Waals surface area contributed by atoms with Crippen molar-refractivity contribution in [2.75, 3.05) is 12.9 Å². The lowest BCUT2D eigenvalue weighted by Crippen LogP contribution is -2.04. The van der Waals surface area contributed by atoms with Gasteiger partial charge >= 0.3 is 0 Å². The highest BCUT2D eigenvalue weighted by atomic mass is 32.1. The number of thiol groups is 1. The number of methoxy groups -OCH3 is 1. The molecule has 0 aromatic heterocycles. The van der Waals surface area contributed by atoms with Crippen molar-refractivity contribution in [1.29, 1.82) is 0 Å². The number of hydrogen-bond donors (Lipinski definition) is 1. The second-order valence-corrected chi connectivity index (χ2v) is 4.11. The Labute approximate surface area is 91.9 Å². The van der Waals surface area contributed by atoms with E-state index in [0.29, 0.717) is 5.92 Å². The van der Waals surface area contributed by atoms with Gasteiger partial charge in [-0.25, -0.2) is 0 Å². The van der Waals surface area contributed by atoms with Crippen molar-refractivity contribution in [3.05, 3.63) is 29.3 Å². The molecule has 14 heavy (non-hydrogen) atoms. The third kappa shape index (κ3) is 2.68. The molecule has 1 rings (SSSR count). The molecule has 0 bridgehead atoms. The molecule has 1 aromatic carbocycles. The standard InChI is InChI=1S/C12H18OS/c1-9(8-14)7-11-10(2)5-4-6-12(11)13-3/h4-6,9,14H,7-8H2,1-3H3. The van der Waals surface area contributed by atoms with E-state index < -0.39 is 0 Å². The quantitative estimate of drug-likeness (QED) is 0.751. The number of hydrogen-bond acceptors (Lipinski definition) is 2. The van der Waals surface area contributed by atoms with Crippen molar-refractivity contribution in [2.24, 2.45) is 5.92 Å². The first-order valence-corrected chi connectivity index (χ1v) is 5.55. The van der Waals surface area contributed by atoms with Gasteiger partial charge in [-0.3, -0.25) is 0 Å². The molecule has 0 N–H and O–H groups in total. The molecule has 78 valence electrons. The summed E-state index contributed by atoms with van der Waals surface area (Å²) in [5.41, 5.74) is 2.62. The minimum atomic E-state index is 0.591. The smallest absolute Gasteiger partial charge is 0.122 e. The first-order chi connectivity index (χ1) is 6.69. The normalized spacial score (nSPS) is 12.6. The molecule has 0 aliphatic carbocycles. The molecule has 0 radical (unpaired) electrons. The second kappa shape index (κ2) is 5.30. The van der Waals surface area contributed by atoms with Crippen LogP contribution in [-0.4, -0.2) is 12.9 Å². The number of ether oxygens (including phenoxy) is 1. The fourth-order valence-electron chi connectivity index (χ4n) is 1.54. The maximum Gasteiger partial charge on any atom is 0.122 e. The number of aryl methyl sites for hydroxylation is 1. The zero-order chi connectivity index (χ0) is 10.6. The minimum Gasteiger partial charge on any atom is -0.496 e. The van der Waals surface area contributed by atoms with E-state index in [0.717, 1.165) is 17.9 Å². The maximum absolute atomic E-state index is 5.35. The monoisotopic (exact) mass is 210 g/mol. The molecule has 0 aliphatic heterocycles. The fraction of sp³-hybridized carbons (Fsp3) is 0.500. The molecule has 1 atom stereocenters. The zero-order valence-electron chi connectivity index (χ0n) is 9.08. The van der Waals surface area contributed by atoms with Crippen molar-refractivity contribution in [1.82, 2.24) is 0 Å². The van der Waals surface area contributed by atoms with Crippen LogP contribution in [-0.2, 0) is 6.42 Å². The lowest BCUT2D eigenvalue weighted by Gasteiger charge is -2.14. The van der Waals surface area contributed by atoms with Gasteiger partial charge in [-0.1, -0.05) is 19.1 Å². The van der Waals surface area contributed by atoms with Gasteiger partial charge in [0.1, 0.15) is 5.75 Å². The minimum absolute atomic E-state index is 0.591. The Balaban J connectivity index is 2.92. The van der Waals surface area contributed by atoms with Crippen molar-refractivity contribution in [3.63, 3.8) is 0 Å². The van der Waals surface area contributed by atoms with Crippen LogP contribution in [0, 0.1) is 12.8 Å². The highest BCUT2D eigenvalue weighted by molar-refractivity contribution is 7.80. The predicted octanol–water partition coefficient (Wildman–Crippen LogP) is 3.11. The number of rotatable bonds is 4. The SMILES string of the molecule is COc1cccc(C)c1CC(C)CS. The van der Waals surface area contributed by atoms with E-state index in [-0.39, 0.29) is 0 Å². The molecule has 0 aliphatic rings. The molecule has 0 amide bonds. The van der Waals surface area contributed by atoms with Gasteiger partial charge in [-0.2, -0.15) is 12.6 Å².